The molecule has 5 rings (SSSR count). The second kappa shape index (κ2) is 18.4. The van der Waals surface area contributed by atoms with Gasteiger partial charge in [-0.2, -0.15) is 0 Å². The summed E-state index contributed by atoms with van der Waals surface area (Å²) in [4.78, 5) is 13.3. The van der Waals surface area contributed by atoms with Gasteiger partial charge in [-0.05, 0) is 28.8 Å². The van der Waals surface area contributed by atoms with Crippen LogP contribution in [0, 0.1) is 5.41 Å². The molecule has 0 aliphatic carbocycles. The minimum atomic E-state index is -2.23. The number of hydrogen-bond donors (Lipinski definition) is 1. The Morgan fingerprint density at radius 1 is 0.653 bits per heavy atom. The number of alkyl halides is 3. The molecule has 1 aliphatic heterocycles. The predicted molar refractivity (Wildman–Crippen MR) is 186 cm³/mol. The number of rotatable bonds is 15. The Balaban J connectivity index is 1.45. The maximum absolute atomic E-state index is 13.3. The standard InChI is InChI=1S/C37H36Cl3NO8/c38-37(39,40)36(41)49-35-34(48-31(42)25-44-29-19-11-4-12-20-29)33(46-23-28-17-9-3-10-18-28)32(45-22-27-15-7-2-8-16-27)30(47-35)24-43-21-26-13-5-1-6-14-26/h1-20,30,32-35,41H,21-25H2/t30-,32-,33+,34+,35-/m1/s1. The van der Waals surface area contributed by atoms with Gasteiger partial charge in [-0.1, -0.05) is 144 Å². The zero-order valence-corrected chi connectivity index (χ0v) is 28.6. The number of benzene rings is 4. The summed E-state index contributed by atoms with van der Waals surface area (Å²) in [5.41, 5.74) is 2.71. The average molecular weight is 729 g/mol. The Kier molecular flexibility index (Phi) is 13.7. The Hall–Kier alpha value is -3.67. The van der Waals surface area contributed by atoms with Crippen LogP contribution in [0.5, 0.6) is 5.75 Å². The van der Waals surface area contributed by atoms with Gasteiger partial charge in [-0.25, -0.2) is 4.79 Å². The molecule has 1 aliphatic rings. The molecule has 49 heavy (non-hydrogen) atoms. The van der Waals surface area contributed by atoms with Gasteiger partial charge in [0.05, 0.1) is 26.4 Å². The Bertz CT molecular complexity index is 1580. The van der Waals surface area contributed by atoms with Gasteiger partial charge in [0.15, 0.2) is 12.7 Å². The lowest BCUT2D eigenvalue weighted by Gasteiger charge is -2.45. The van der Waals surface area contributed by atoms with E-state index in [2.05, 4.69) is 0 Å². The number of nitrogens with one attached hydrogen (secondary N) is 1. The number of hydrogen-bond acceptors (Lipinski definition) is 9. The van der Waals surface area contributed by atoms with Crippen molar-refractivity contribution < 1.29 is 38.0 Å². The minimum absolute atomic E-state index is 0.0261. The SMILES string of the molecule is N=C(O[C@H]1O[C@H](COCc2ccccc2)[C@@H](OCc2ccccc2)[C@H](OCc2ccccc2)[C@@H]1OC(=O)COc1ccccc1)C(Cl)(Cl)Cl. The highest BCUT2D eigenvalue weighted by Crippen LogP contribution is 2.34. The molecular formula is C37H36Cl3NO8. The molecule has 0 amide bonds. The fraction of sp³-hybridized carbons (Fsp3) is 0.297. The molecule has 12 heteroatoms. The van der Waals surface area contributed by atoms with Crippen molar-refractivity contribution in [2.24, 2.45) is 0 Å². The summed E-state index contributed by atoms with van der Waals surface area (Å²) in [5.74, 6) is -1.01. The molecule has 0 aromatic heterocycles. The van der Waals surface area contributed by atoms with Crippen molar-refractivity contribution in [3.63, 3.8) is 0 Å². The van der Waals surface area contributed by atoms with E-state index in [4.69, 9.17) is 73.4 Å². The third-order valence-corrected chi connectivity index (χ3v) is 7.93. The van der Waals surface area contributed by atoms with Crippen molar-refractivity contribution >= 4 is 46.7 Å². The number of carbonyl (C=O) groups excluding carboxylic acids is 1. The first-order chi connectivity index (χ1) is 23.8. The molecule has 1 heterocycles. The fourth-order valence-electron chi connectivity index (χ4n) is 5.05. The van der Waals surface area contributed by atoms with Crippen LogP contribution in [0.1, 0.15) is 16.7 Å². The van der Waals surface area contributed by atoms with Crippen molar-refractivity contribution in [1.82, 2.24) is 0 Å². The van der Waals surface area contributed by atoms with Crippen LogP contribution in [-0.4, -0.2) is 59.6 Å². The highest BCUT2D eigenvalue weighted by Gasteiger charge is 2.52. The average Bonchev–Trinajstić information content (AvgIpc) is 3.11. The summed E-state index contributed by atoms with van der Waals surface area (Å²) in [5, 5.41) is 8.34. The summed E-state index contributed by atoms with van der Waals surface area (Å²) >= 11 is 18.0. The summed E-state index contributed by atoms with van der Waals surface area (Å²) < 4.78 is 40.6. The molecule has 258 valence electrons. The van der Waals surface area contributed by atoms with Gasteiger partial charge in [0.2, 0.25) is 12.2 Å². The molecule has 9 nitrogen and oxygen atoms in total. The van der Waals surface area contributed by atoms with Crippen molar-refractivity contribution in [2.75, 3.05) is 13.2 Å². The van der Waals surface area contributed by atoms with Gasteiger partial charge < -0.3 is 33.2 Å². The fourth-order valence-corrected chi connectivity index (χ4v) is 5.19. The Morgan fingerprint density at radius 2 is 1.14 bits per heavy atom. The lowest BCUT2D eigenvalue weighted by molar-refractivity contribution is -0.306. The minimum Gasteiger partial charge on any atom is -0.482 e. The van der Waals surface area contributed by atoms with Gasteiger partial charge >= 0.3 is 5.97 Å². The monoisotopic (exact) mass is 727 g/mol. The van der Waals surface area contributed by atoms with E-state index in [9.17, 15) is 4.79 Å². The highest BCUT2D eigenvalue weighted by molar-refractivity contribution is 6.76. The molecular weight excluding hydrogens is 693 g/mol. The van der Waals surface area contributed by atoms with Gasteiger partial charge in [-0.15, -0.1) is 0 Å². The highest BCUT2D eigenvalue weighted by atomic mass is 35.6. The first-order valence-electron chi connectivity index (χ1n) is 15.5. The second-order valence-electron chi connectivity index (χ2n) is 11.1. The quantitative estimate of drug-likeness (QED) is 0.0583. The third kappa shape index (κ3) is 11.4. The number of carbonyl (C=O) groups is 1. The molecule has 5 atom stereocenters. The van der Waals surface area contributed by atoms with E-state index >= 15 is 0 Å². The summed E-state index contributed by atoms with van der Waals surface area (Å²) in [6, 6.07) is 37.5. The summed E-state index contributed by atoms with van der Waals surface area (Å²) in [6.07, 6.45) is -5.44. The van der Waals surface area contributed by atoms with E-state index in [0.717, 1.165) is 16.7 Å². The van der Waals surface area contributed by atoms with Crippen molar-refractivity contribution in [3.05, 3.63) is 138 Å². The second-order valence-corrected chi connectivity index (χ2v) is 13.3. The topological polar surface area (TPSA) is 106 Å². The zero-order valence-electron chi connectivity index (χ0n) is 26.4. The van der Waals surface area contributed by atoms with Crippen LogP contribution in [-0.2, 0) is 53.0 Å². The molecule has 4 aromatic carbocycles. The van der Waals surface area contributed by atoms with E-state index in [1.807, 2.05) is 97.1 Å². The molecule has 4 aromatic rings. The van der Waals surface area contributed by atoms with E-state index in [-0.39, 0.29) is 26.4 Å². The lowest BCUT2D eigenvalue weighted by atomic mass is 9.97. The molecule has 1 N–H and O–H groups in total. The molecule has 0 spiro atoms. The van der Waals surface area contributed by atoms with E-state index < -0.39 is 53.0 Å². The first kappa shape index (κ1) is 36.6. The van der Waals surface area contributed by atoms with Crippen LogP contribution in [0.15, 0.2) is 121 Å². The normalized spacial score (nSPS) is 20.7. The van der Waals surface area contributed by atoms with Gasteiger partial charge in [0.1, 0.15) is 24.1 Å². The van der Waals surface area contributed by atoms with Gasteiger partial charge in [-0.3, -0.25) is 5.41 Å². The molecule has 0 bridgehead atoms. The van der Waals surface area contributed by atoms with E-state index in [1.54, 1.807) is 24.3 Å². The van der Waals surface area contributed by atoms with Crippen LogP contribution < -0.4 is 4.74 Å². The smallest absolute Gasteiger partial charge is 0.344 e. The van der Waals surface area contributed by atoms with Crippen LogP contribution in [0.3, 0.4) is 0 Å². The Morgan fingerprint density at radius 3 is 1.67 bits per heavy atom. The van der Waals surface area contributed by atoms with Crippen LogP contribution in [0.25, 0.3) is 0 Å². The predicted octanol–water partition coefficient (Wildman–Crippen LogP) is 7.45. The molecule has 1 fully saturated rings. The molecule has 1 saturated heterocycles. The molecule has 0 saturated carbocycles. The lowest BCUT2D eigenvalue weighted by Crippen LogP contribution is -2.63. The van der Waals surface area contributed by atoms with Gasteiger partial charge in [0.25, 0.3) is 3.79 Å². The third-order valence-electron chi connectivity index (χ3n) is 7.41. The number of ether oxygens (including phenoxy) is 7. The maximum Gasteiger partial charge on any atom is 0.344 e. The largest absolute Gasteiger partial charge is 0.482 e. The summed E-state index contributed by atoms with van der Waals surface area (Å²) in [7, 11) is 0. The zero-order chi connectivity index (χ0) is 34.5. The Labute approximate surface area is 300 Å². The first-order valence-corrected chi connectivity index (χ1v) is 16.7. The van der Waals surface area contributed by atoms with Crippen molar-refractivity contribution in [3.8, 4) is 5.75 Å². The molecule has 0 unspecified atom stereocenters. The van der Waals surface area contributed by atoms with E-state index in [1.165, 1.54) is 0 Å². The van der Waals surface area contributed by atoms with Crippen LogP contribution in [0.2, 0.25) is 0 Å². The van der Waals surface area contributed by atoms with Crippen LogP contribution in [0.4, 0.5) is 0 Å². The maximum atomic E-state index is 13.3. The van der Waals surface area contributed by atoms with Crippen molar-refractivity contribution in [1.29, 1.82) is 5.41 Å². The van der Waals surface area contributed by atoms with Crippen LogP contribution >= 0.6 is 34.8 Å². The van der Waals surface area contributed by atoms with E-state index in [0.29, 0.717) is 5.75 Å². The van der Waals surface area contributed by atoms with Crippen molar-refractivity contribution in [2.45, 2.75) is 54.3 Å². The number of esters is 1. The van der Waals surface area contributed by atoms with Gasteiger partial charge in [0, 0.05) is 0 Å². The molecule has 0 radical (unpaired) electrons. The number of halogens is 3. The number of para-hydroxylation sites is 1. The summed E-state index contributed by atoms with van der Waals surface area (Å²) in [6.45, 7) is 0.185.